The fourth-order valence-corrected chi connectivity index (χ4v) is 3.77. The van der Waals surface area contributed by atoms with E-state index in [4.69, 9.17) is 5.73 Å². The molecule has 0 saturated heterocycles. The van der Waals surface area contributed by atoms with E-state index in [1.165, 1.54) is 16.9 Å². The second kappa shape index (κ2) is 4.96. The van der Waals surface area contributed by atoms with Crippen molar-refractivity contribution in [1.82, 2.24) is 14.8 Å². The third-order valence-electron chi connectivity index (χ3n) is 3.62. The highest BCUT2D eigenvalue weighted by Gasteiger charge is 2.25. The number of aryl methyl sites for hydroxylation is 2. The summed E-state index contributed by atoms with van der Waals surface area (Å²) in [5, 5.41) is 7.61. The van der Waals surface area contributed by atoms with Gasteiger partial charge in [-0.1, -0.05) is 29.5 Å². The number of rotatable bonds is 2. The van der Waals surface area contributed by atoms with Gasteiger partial charge in [-0.2, -0.15) is 5.10 Å². The van der Waals surface area contributed by atoms with Crippen molar-refractivity contribution >= 4 is 22.5 Å². The summed E-state index contributed by atoms with van der Waals surface area (Å²) in [6.45, 7) is 0. The van der Waals surface area contributed by atoms with Gasteiger partial charge >= 0.3 is 6.03 Å². The number of nitrogens with zero attached hydrogens (tertiary/aromatic N) is 3. The number of amides is 2. The molecule has 6 nitrogen and oxygen atoms in total. The average Bonchev–Trinajstić information content (AvgIpc) is 3.09. The number of aromatic nitrogens is 3. The molecule has 7 heteroatoms. The van der Waals surface area contributed by atoms with Crippen molar-refractivity contribution < 1.29 is 4.79 Å². The Morgan fingerprint density at radius 3 is 2.86 bits per heavy atom. The van der Waals surface area contributed by atoms with Crippen molar-refractivity contribution in [3.05, 3.63) is 47.8 Å². The third-order valence-corrected chi connectivity index (χ3v) is 4.64. The van der Waals surface area contributed by atoms with Crippen molar-refractivity contribution in [1.29, 1.82) is 0 Å². The molecule has 0 saturated carbocycles. The molecule has 0 radical (unpaired) electrons. The number of nitrogens with two attached hydrogens (primary N) is 1. The molecule has 1 aliphatic carbocycles. The summed E-state index contributed by atoms with van der Waals surface area (Å²) < 4.78 is 1.93. The number of carbonyl (C=O) groups is 1. The zero-order chi connectivity index (χ0) is 15.1. The zero-order valence-corrected chi connectivity index (χ0v) is 12.4. The molecule has 0 unspecified atom stereocenters. The predicted molar refractivity (Wildman–Crippen MR) is 85.3 cm³/mol. The standard InChI is InChI=1S/C15H13N5OS/c16-14(21)19-15-18-11-7-6-9-8-17-20(12(9)13(11)22-15)10-4-2-1-3-5-10/h1-5,8H,6-7H2,(H3,16,18,19,21). The van der Waals surface area contributed by atoms with Gasteiger partial charge in [-0.15, -0.1) is 0 Å². The summed E-state index contributed by atoms with van der Waals surface area (Å²) >= 11 is 1.44. The summed E-state index contributed by atoms with van der Waals surface area (Å²) in [5.41, 5.74) is 9.43. The first-order valence-electron chi connectivity index (χ1n) is 6.91. The number of carbonyl (C=O) groups excluding carboxylic acids is 1. The molecule has 2 aromatic heterocycles. The Balaban J connectivity index is 1.85. The Labute approximate surface area is 130 Å². The Morgan fingerprint density at radius 1 is 1.27 bits per heavy atom. The molecule has 22 heavy (non-hydrogen) atoms. The van der Waals surface area contributed by atoms with Crippen molar-refractivity contribution in [3.8, 4) is 16.3 Å². The van der Waals surface area contributed by atoms with Crippen LogP contribution in [-0.2, 0) is 12.8 Å². The monoisotopic (exact) mass is 311 g/mol. The predicted octanol–water partition coefficient (Wildman–Crippen LogP) is 2.59. The number of primary amides is 1. The first-order chi connectivity index (χ1) is 10.7. The van der Waals surface area contributed by atoms with Crippen LogP contribution in [0.2, 0.25) is 0 Å². The average molecular weight is 311 g/mol. The van der Waals surface area contributed by atoms with E-state index in [0.29, 0.717) is 5.13 Å². The Kier molecular flexibility index (Phi) is 2.93. The fourth-order valence-electron chi connectivity index (χ4n) is 2.69. The molecular weight excluding hydrogens is 298 g/mol. The Hall–Kier alpha value is -2.67. The number of anilines is 1. The molecule has 0 atom stereocenters. The van der Waals surface area contributed by atoms with Crippen LogP contribution in [-0.4, -0.2) is 20.8 Å². The quantitative estimate of drug-likeness (QED) is 0.762. The van der Waals surface area contributed by atoms with Gasteiger partial charge in [-0.05, 0) is 30.5 Å². The van der Waals surface area contributed by atoms with E-state index >= 15 is 0 Å². The van der Waals surface area contributed by atoms with Crippen LogP contribution in [0.25, 0.3) is 16.3 Å². The molecule has 3 aromatic rings. The summed E-state index contributed by atoms with van der Waals surface area (Å²) in [4.78, 5) is 16.5. The maximum absolute atomic E-state index is 11.0. The second-order valence-corrected chi connectivity index (χ2v) is 6.05. The summed E-state index contributed by atoms with van der Waals surface area (Å²) in [6, 6.07) is 9.39. The number of nitrogens with one attached hydrogen (secondary N) is 1. The lowest BCUT2D eigenvalue weighted by molar-refractivity contribution is 0.259. The first-order valence-corrected chi connectivity index (χ1v) is 7.73. The van der Waals surface area contributed by atoms with Gasteiger partial charge in [0, 0.05) is 0 Å². The molecule has 0 spiro atoms. The minimum Gasteiger partial charge on any atom is -0.351 e. The van der Waals surface area contributed by atoms with E-state index < -0.39 is 6.03 Å². The minimum atomic E-state index is -0.595. The molecular formula is C15H13N5OS. The van der Waals surface area contributed by atoms with Gasteiger partial charge < -0.3 is 5.73 Å². The lowest BCUT2D eigenvalue weighted by Gasteiger charge is -2.13. The third kappa shape index (κ3) is 2.06. The molecule has 1 aromatic carbocycles. The van der Waals surface area contributed by atoms with Crippen LogP contribution in [0.4, 0.5) is 9.93 Å². The van der Waals surface area contributed by atoms with Crippen LogP contribution in [0.3, 0.4) is 0 Å². The highest BCUT2D eigenvalue weighted by molar-refractivity contribution is 7.19. The molecule has 4 rings (SSSR count). The van der Waals surface area contributed by atoms with Gasteiger partial charge in [0.15, 0.2) is 5.13 Å². The molecule has 3 N–H and O–H groups in total. The lowest BCUT2D eigenvalue weighted by Crippen LogP contribution is -2.19. The van der Waals surface area contributed by atoms with Gasteiger partial charge in [-0.3, -0.25) is 5.32 Å². The molecule has 2 amide bonds. The number of thiazole rings is 1. The summed E-state index contributed by atoms with van der Waals surface area (Å²) in [6.07, 6.45) is 3.65. The second-order valence-electron chi connectivity index (χ2n) is 5.05. The lowest BCUT2D eigenvalue weighted by atomic mass is 10.0. The highest BCUT2D eigenvalue weighted by atomic mass is 32.1. The maximum atomic E-state index is 11.0. The smallest absolute Gasteiger partial charge is 0.318 e. The summed E-state index contributed by atoms with van der Waals surface area (Å²) in [5.74, 6) is 0. The number of fused-ring (bicyclic) bond motifs is 3. The largest absolute Gasteiger partial charge is 0.351 e. The normalized spacial score (nSPS) is 12.5. The van der Waals surface area contributed by atoms with Crippen LogP contribution < -0.4 is 11.1 Å². The molecule has 2 heterocycles. The van der Waals surface area contributed by atoms with E-state index in [-0.39, 0.29) is 0 Å². The van der Waals surface area contributed by atoms with Crippen LogP contribution in [0.15, 0.2) is 36.5 Å². The number of hydrogen-bond acceptors (Lipinski definition) is 4. The van der Waals surface area contributed by atoms with E-state index in [1.807, 2.05) is 41.2 Å². The molecule has 1 aliphatic rings. The molecule has 0 aliphatic heterocycles. The topological polar surface area (TPSA) is 85.8 Å². The Morgan fingerprint density at radius 2 is 2.09 bits per heavy atom. The number of urea groups is 1. The van der Waals surface area contributed by atoms with Crippen LogP contribution >= 0.6 is 11.3 Å². The summed E-state index contributed by atoms with van der Waals surface area (Å²) in [7, 11) is 0. The van der Waals surface area contributed by atoms with Gasteiger partial charge in [0.25, 0.3) is 0 Å². The van der Waals surface area contributed by atoms with Crippen molar-refractivity contribution in [2.75, 3.05) is 5.32 Å². The van der Waals surface area contributed by atoms with E-state index in [2.05, 4.69) is 15.4 Å². The zero-order valence-electron chi connectivity index (χ0n) is 11.6. The minimum absolute atomic E-state index is 0.533. The molecule has 110 valence electrons. The fraction of sp³-hybridized carbons (Fsp3) is 0.133. The maximum Gasteiger partial charge on any atom is 0.318 e. The van der Waals surface area contributed by atoms with Crippen molar-refractivity contribution in [2.24, 2.45) is 5.73 Å². The van der Waals surface area contributed by atoms with Crippen molar-refractivity contribution in [3.63, 3.8) is 0 Å². The van der Waals surface area contributed by atoms with Gasteiger partial charge in [0.05, 0.1) is 28.1 Å². The van der Waals surface area contributed by atoms with Crippen LogP contribution in [0.1, 0.15) is 11.3 Å². The van der Waals surface area contributed by atoms with Crippen molar-refractivity contribution in [2.45, 2.75) is 12.8 Å². The van der Waals surface area contributed by atoms with Crippen LogP contribution in [0.5, 0.6) is 0 Å². The van der Waals surface area contributed by atoms with Gasteiger partial charge in [0.1, 0.15) is 0 Å². The van der Waals surface area contributed by atoms with E-state index in [0.717, 1.165) is 34.8 Å². The SMILES string of the molecule is NC(=O)Nc1nc2c(s1)-c1c(cnn1-c1ccccc1)CC2. The number of para-hydroxylation sites is 1. The number of benzene rings is 1. The highest BCUT2D eigenvalue weighted by Crippen LogP contribution is 2.40. The van der Waals surface area contributed by atoms with Gasteiger partial charge in [-0.25, -0.2) is 14.5 Å². The number of hydrogen-bond donors (Lipinski definition) is 2. The molecule has 0 fully saturated rings. The van der Waals surface area contributed by atoms with E-state index in [9.17, 15) is 4.79 Å². The van der Waals surface area contributed by atoms with E-state index in [1.54, 1.807) is 0 Å². The molecule has 0 bridgehead atoms. The Bertz CT molecular complexity index is 852. The van der Waals surface area contributed by atoms with Crippen LogP contribution in [0, 0.1) is 0 Å². The first kappa shape index (κ1) is 13.0. The van der Waals surface area contributed by atoms with Gasteiger partial charge in [0.2, 0.25) is 0 Å².